The average molecular weight is 291 g/mol. The third-order valence-corrected chi connectivity index (χ3v) is 4.05. The van der Waals surface area contributed by atoms with Crippen LogP contribution in [0.2, 0.25) is 0 Å². The van der Waals surface area contributed by atoms with E-state index in [1.807, 2.05) is 31.2 Å². The number of methoxy groups -OCH3 is 1. The highest BCUT2D eigenvalue weighted by molar-refractivity contribution is 5.89. The highest BCUT2D eigenvalue weighted by atomic mass is 16.5. The molecule has 1 unspecified atom stereocenters. The van der Waals surface area contributed by atoms with Gasteiger partial charge in [-0.05, 0) is 42.9 Å². The molecule has 5 heteroatoms. The number of carboxylic acids is 1. The second kappa shape index (κ2) is 6.16. The molecule has 1 amide bonds. The minimum absolute atomic E-state index is 0.0838. The maximum atomic E-state index is 12.1. The molecule has 0 heterocycles. The Kier molecular flexibility index (Phi) is 4.50. The van der Waals surface area contributed by atoms with Crippen LogP contribution in [0.3, 0.4) is 0 Å². The van der Waals surface area contributed by atoms with Crippen LogP contribution < -0.4 is 10.1 Å². The molecule has 0 spiro atoms. The molecule has 0 aromatic heterocycles. The van der Waals surface area contributed by atoms with E-state index in [4.69, 9.17) is 9.84 Å². The van der Waals surface area contributed by atoms with Gasteiger partial charge < -0.3 is 15.2 Å². The molecule has 0 bridgehead atoms. The third kappa shape index (κ3) is 3.54. The monoisotopic (exact) mass is 291 g/mol. The molecule has 0 aliphatic heterocycles. The molecule has 21 heavy (non-hydrogen) atoms. The minimum Gasteiger partial charge on any atom is -0.497 e. The summed E-state index contributed by atoms with van der Waals surface area (Å²) in [6.45, 7) is 2.02. The summed E-state index contributed by atoms with van der Waals surface area (Å²) in [5.41, 5.74) is 0.0589. The number of amides is 1. The lowest BCUT2D eigenvalue weighted by molar-refractivity contribution is -0.143. The van der Waals surface area contributed by atoms with Gasteiger partial charge in [-0.15, -0.1) is 0 Å². The van der Waals surface area contributed by atoms with Crippen molar-refractivity contribution in [2.45, 2.75) is 44.1 Å². The van der Waals surface area contributed by atoms with Crippen LogP contribution in [0.15, 0.2) is 24.3 Å². The largest absolute Gasteiger partial charge is 0.497 e. The number of hydrogen-bond acceptors (Lipinski definition) is 3. The van der Waals surface area contributed by atoms with E-state index in [2.05, 4.69) is 5.32 Å². The minimum atomic E-state index is -1.00. The smallest absolute Gasteiger partial charge is 0.329 e. The zero-order chi connectivity index (χ0) is 15.5. The zero-order valence-corrected chi connectivity index (χ0v) is 12.4. The van der Waals surface area contributed by atoms with E-state index in [9.17, 15) is 9.59 Å². The van der Waals surface area contributed by atoms with Gasteiger partial charge in [0.2, 0.25) is 5.91 Å². The molecule has 1 saturated carbocycles. The fraction of sp³-hybridized carbons (Fsp3) is 0.500. The maximum Gasteiger partial charge on any atom is 0.329 e. The van der Waals surface area contributed by atoms with E-state index >= 15 is 0 Å². The summed E-state index contributed by atoms with van der Waals surface area (Å²) in [6.07, 6.45) is 2.17. The van der Waals surface area contributed by atoms with E-state index in [1.54, 1.807) is 7.11 Å². The van der Waals surface area contributed by atoms with Crippen LogP contribution in [0.4, 0.5) is 0 Å². The summed E-state index contributed by atoms with van der Waals surface area (Å²) in [5.74, 6) is -0.271. The predicted octanol–water partition coefficient (Wildman–Crippen LogP) is 2.31. The van der Waals surface area contributed by atoms with Crippen molar-refractivity contribution >= 4 is 11.9 Å². The van der Waals surface area contributed by atoms with Crippen molar-refractivity contribution in [1.29, 1.82) is 0 Å². The number of ether oxygens (including phenoxy) is 1. The topological polar surface area (TPSA) is 75.6 Å². The Morgan fingerprint density at radius 1 is 1.33 bits per heavy atom. The summed E-state index contributed by atoms with van der Waals surface area (Å²) in [5, 5.41) is 11.8. The molecule has 5 nitrogen and oxygen atoms in total. The van der Waals surface area contributed by atoms with E-state index in [1.165, 1.54) is 0 Å². The molecule has 0 saturated heterocycles. The van der Waals surface area contributed by atoms with Crippen molar-refractivity contribution < 1.29 is 19.4 Å². The maximum absolute atomic E-state index is 12.1. The number of benzene rings is 1. The van der Waals surface area contributed by atoms with Crippen molar-refractivity contribution in [3.8, 4) is 5.75 Å². The average Bonchev–Trinajstić information content (AvgIpc) is 3.26. The number of nitrogens with one attached hydrogen (secondary N) is 1. The molecular formula is C16H21NO4. The molecule has 2 N–H and O–H groups in total. The van der Waals surface area contributed by atoms with Crippen molar-refractivity contribution in [2.24, 2.45) is 0 Å². The van der Waals surface area contributed by atoms with Gasteiger partial charge in [0.05, 0.1) is 7.11 Å². The number of rotatable bonds is 7. The Balaban J connectivity index is 1.98. The Bertz CT molecular complexity index is 520. The summed E-state index contributed by atoms with van der Waals surface area (Å²) >= 11 is 0. The van der Waals surface area contributed by atoms with Crippen LogP contribution in [-0.2, 0) is 9.59 Å². The molecule has 1 fully saturated rings. The molecule has 114 valence electrons. The molecule has 0 radical (unpaired) electrons. The number of carbonyl (C=O) groups is 2. The van der Waals surface area contributed by atoms with Gasteiger partial charge in [0.1, 0.15) is 11.3 Å². The lowest BCUT2D eigenvalue weighted by atomic mass is 9.92. The first-order chi connectivity index (χ1) is 10.0. The van der Waals surface area contributed by atoms with Gasteiger partial charge in [-0.25, -0.2) is 4.79 Å². The summed E-state index contributed by atoms with van der Waals surface area (Å²) in [7, 11) is 1.61. The fourth-order valence-electron chi connectivity index (χ4n) is 2.43. The quantitative estimate of drug-likeness (QED) is 0.808. The van der Waals surface area contributed by atoms with Gasteiger partial charge in [-0.2, -0.15) is 0 Å². The highest BCUT2D eigenvalue weighted by Crippen LogP contribution is 2.36. The Hall–Kier alpha value is -2.04. The van der Waals surface area contributed by atoms with Crippen LogP contribution >= 0.6 is 0 Å². The van der Waals surface area contributed by atoms with Crippen LogP contribution in [0.1, 0.15) is 44.1 Å². The zero-order valence-electron chi connectivity index (χ0n) is 12.4. The summed E-state index contributed by atoms with van der Waals surface area (Å²) < 4.78 is 5.12. The number of carboxylic acid groups (broad SMARTS) is 1. The SMILES string of the molecule is CCC(CC(=O)NC1(C(=O)O)CC1)c1ccc(OC)cc1. The number of hydrogen-bond donors (Lipinski definition) is 2. The lowest BCUT2D eigenvalue weighted by Crippen LogP contribution is -2.43. The summed E-state index contributed by atoms with van der Waals surface area (Å²) in [4.78, 5) is 23.2. The summed E-state index contributed by atoms with van der Waals surface area (Å²) in [6, 6.07) is 7.64. The van der Waals surface area contributed by atoms with E-state index in [-0.39, 0.29) is 11.8 Å². The van der Waals surface area contributed by atoms with Crippen LogP contribution in [0, 0.1) is 0 Å². The number of aliphatic carboxylic acids is 1. The first kappa shape index (κ1) is 15.4. The van der Waals surface area contributed by atoms with Crippen LogP contribution in [0.25, 0.3) is 0 Å². The second-order valence-corrected chi connectivity index (χ2v) is 5.52. The Morgan fingerprint density at radius 3 is 2.38 bits per heavy atom. The van der Waals surface area contributed by atoms with E-state index in [0.29, 0.717) is 19.3 Å². The highest BCUT2D eigenvalue weighted by Gasteiger charge is 2.51. The van der Waals surface area contributed by atoms with Gasteiger partial charge in [0.25, 0.3) is 0 Å². The molecule has 1 aromatic carbocycles. The third-order valence-electron chi connectivity index (χ3n) is 4.05. The molecule has 1 aromatic rings. The van der Waals surface area contributed by atoms with Crippen molar-refractivity contribution in [3.63, 3.8) is 0 Å². The lowest BCUT2D eigenvalue weighted by Gasteiger charge is -2.18. The van der Waals surface area contributed by atoms with Gasteiger partial charge in [0.15, 0.2) is 0 Å². The second-order valence-electron chi connectivity index (χ2n) is 5.52. The van der Waals surface area contributed by atoms with Gasteiger partial charge >= 0.3 is 5.97 Å². The van der Waals surface area contributed by atoms with E-state index in [0.717, 1.165) is 17.7 Å². The first-order valence-electron chi connectivity index (χ1n) is 7.19. The standard InChI is InChI=1S/C16H21NO4/c1-3-11(12-4-6-13(21-2)7-5-12)10-14(18)17-16(8-9-16)15(19)20/h4-7,11H,3,8-10H2,1-2H3,(H,17,18)(H,19,20). The molecule has 1 aliphatic carbocycles. The van der Waals surface area contributed by atoms with Gasteiger partial charge in [-0.3, -0.25) is 4.79 Å². The van der Waals surface area contributed by atoms with Gasteiger partial charge in [-0.1, -0.05) is 19.1 Å². The molecule has 1 aliphatic rings. The normalized spacial score (nSPS) is 16.9. The number of carbonyl (C=O) groups excluding carboxylic acids is 1. The molecule has 2 rings (SSSR count). The predicted molar refractivity (Wildman–Crippen MR) is 78.4 cm³/mol. The van der Waals surface area contributed by atoms with Gasteiger partial charge in [0, 0.05) is 6.42 Å². The van der Waals surface area contributed by atoms with Crippen molar-refractivity contribution in [2.75, 3.05) is 7.11 Å². The first-order valence-corrected chi connectivity index (χ1v) is 7.19. The molecule has 1 atom stereocenters. The molecular weight excluding hydrogens is 270 g/mol. The Labute approximate surface area is 124 Å². The van der Waals surface area contributed by atoms with Crippen molar-refractivity contribution in [3.05, 3.63) is 29.8 Å². The Morgan fingerprint density at radius 2 is 1.95 bits per heavy atom. The van der Waals surface area contributed by atoms with Crippen LogP contribution in [-0.4, -0.2) is 29.6 Å². The van der Waals surface area contributed by atoms with E-state index < -0.39 is 11.5 Å². The van der Waals surface area contributed by atoms with Crippen molar-refractivity contribution in [1.82, 2.24) is 5.32 Å². The fourth-order valence-corrected chi connectivity index (χ4v) is 2.43. The van der Waals surface area contributed by atoms with Crippen LogP contribution in [0.5, 0.6) is 5.75 Å².